The Bertz CT molecular complexity index is 1750. The van der Waals surface area contributed by atoms with Crippen LogP contribution in [0.3, 0.4) is 0 Å². The summed E-state index contributed by atoms with van der Waals surface area (Å²) in [5, 5.41) is 18.8. The fourth-order valence-corrected chi connectivity index (χ4v) is 5.28. The van der Waals surface area contributed by atoms with E-state index >= 15 is 0 Å². The van der Waals surface area contributed by atoms with E-state index in [9.17, 15) is 18.1 Å². The Morgan fingerprint density at radius 2 is 1.15 bits per heavy atom. The Morgan fingerprint density at radius 3 is 1.71 bits per heavy atom. The second kappa shape index (κ2) is 12.5. The summed E-state index contributed by atoms with van der Waals surface area (Å²) in [6, 6.07) is 36.0. The largest absolute Gasteiger partial charge is 1.00 e. The summed E-state index contributed by atoms with van der Waals surface area (Å²) >= 11 is 0. The molecule has 0 heterocycles. The van der Waals surface area contributed by atoms with Gasteiger partial charge in [0, 0.05) is 22.7 Å². The van der Waals surface area contributed by atoms with Crippen molar-refractivity contribution in [3.63, 3.8) is 0 Å². The molecule has 5 aromatic rings. The molecule has 1 atom stereocenters. The second-order valence-corrected chi connectivity index (χ2v) is 10.9. The van der Waals surface area contributed by atoms with Crippen molar-refractivity contribution in [3.8, 4) is 0 Å². The van der Waals surface area contributed by atoms with Crippen LogP contribution in [-0.2, 0) is 15.7 Å². The van der Waals surface area contributed by atoms with Crippen molar-refractivity contribution in [2.45, 2.75) is 17.4 Å². The van der Waals surface area contributed by atoms with Crippen LogP contribution in [0.1, 0.15) is 22.3 Å². The normalized spacial score (nSPS) is 12.6. The first-order chi connectivity index (χ1) is 19.1. The summed E-state index contributed by atoms with van der Waals surface area (Å²) in [7, 11) is -4.41. The van der Waals surface area contributed by atoms with Gasteiger partial charge in [-0.25, -0.2) is 0 Å². The number of para-hydroxylation sites is 2. The molecular weight excluding hydrogens is 545 g/mol. The van der Waals surface area contributed by atoms with Crippen LogP contribution in [0.5, 0.6) is 0 Å². The molecule has 0 spiro atoms. The number of hydrogen-bond donors (Lipinski definition) is 5. The van der Waals surface area contributed by atoms with Crippen LogP contribution in [0.15, 0.2) is 126 Å². The number of aryl methyl sites for hydroxylation is 1. The first-order valence-electron chi connectivity index (χ1n) is 12.6. The van der Waals surface area contributed by atoms with Gasteiger partial charge in [0.25, 0.3) is 10.1 Å². The first-order valence-corrected chi connectivity index (χ1v) is 14.0. The van der Waals surface area contributed by atoms with Crippen molar-refractivity contribution >= 4 is 38.6 Å². The van der Waals surface area contributed by atoms with E-state index in [0.717, 1.165) is 16.9 Å². The predicted octanol–water partition coefficient (Wildman–Crippen LogP) is 3.60. The van der Waals surface area contributed by atoms with Crippen LogP contribution in [0.2, 0.25) is 0 Å². The Labute approximate surface area is 262 Å². The Balaban J connectivity index is 0.00000387. The molecule has 0 aliphatic rings. The SMILES string of the molecule is Cc1cc(C(O)(c2ccc(Nc3ccccc3)cc2)c2ccc(Nc3ccccc3S(=O)(=O)O)cc2)ccc1N.[Na+]. The van der Waals surface area contributed by atoms with Gasteiger partial charge >= 0.3 is 29.6 Å². The number of rotatable bonds is 8. The molecule has 1 unspecified atom stereocenters. The molecule has 9 heteroatoms. The molecule has 5 aromatic carbocycles. The summed E-state index contributed by atoms with van der Waals surface area (Å²) < 4.78 is 33.2. The van der Waals surface area contributed by atoms with Crippen LogP contribution in [0.25, 0.3) is 0 Å². The minimum Gasteiger partial charge on any atom is -0.399 e. The van der Waals surface area contributed by atoms with Crippen molar-refractivity contribution in [1.82, 2.24) is 0 Å². The standard InChI is InChI=1S/C32H29N3O4S.Na/c1-22-21-25(15-20-29(22)33)32(36,23-11-16-27(17-12-23)34-26-7-3-2-4-8-26)24-13-18-28(19-14-24)35-30-9-5-6-10-31(30)40(37,38)39;/h2-21,34-36H,33H2,1H3,(H,37,38,39);/q;+1. The average molecular weight is 575 g/mol. The molecule has 0 bridgehead atoms. The van der Waals surface area contributed by atoms with Crippen LogP contribution in [0, 0.1) is 6.92 Å². The molecule has 0 aromatic heterocycles. The smallest absolute Gasteiger partial charge is 0.399 e. The molecule has 0 amide bonds. The zero-order valence-electron chi connectivity index (χ0n) is 22.7. The maximum absolute atomic E-state index is 12.4. The van der Waals surface area contributed by atoms with Crippen LogP contribution in [-0.4, -0.2) is 18.1 Å². The third kappa shape index (κ3) is 6.65. The number of aliphatic hydroxyl groups is 1. The van der Waals surface area contributed by atoms with Crippen LogP contribution < -0.4 is 45.9 Å². The van der Waals surface area contributed by atoms with Gasteiger partial charge in [-0.1, -0.05) is 66.7 Å². The second-order valence-electron chi connectivity index (χ2n) is 9.52. The third-order valence-electron chi connectivity index (χ3n) is 6.80. The van der Waals surface area contributed by atoms with Gasteiger partial charge in [-0.15, -0.1) is 0 Å². The Kier molecular flexibility index (Phi) is 9.24. The van der Waals surface area contributed by atoms with Gasteiger partial charge in [-0.05, 0) is 83.8 Å². The van der Waals surface area contributed by atoms with E-state index in [1.165, 1.54) is 12.1 Å². The number of benzene rings is 5. The van der Waals surface area contributed by atoms with Crippen LogP contribution in [0.4, 0.5) is 28.4 Å². The monoisotopic (exact) mass is 574 g/mol. The van der Waals surface area contributed by atoms with Gasteiger partial charge < -0.3 is 21.5 Å². The number of nitrogen functional groups attached to an aromatic ring is 1. The fourth-order valence-electron chi connectivity index (χ4n) is 4.63. The maximum atomic E-state index is 12.4. The zero-order chi connectivity index (χ0) is 28.3. The molecule has 0 saturated carbocycles. The third-order valence-corrected chi connectivity index (χ3v) is 7.71. The molecule has 0 aliphatic heterocycles. The summed E-state index contributed by atoms with van der Waals surface area (Å²) in [6.45, 7) is 1.89. The predicted molar refractivity (Wildman–Crippen MR) is 160 cm³/mol. The van der Waals surface area contributed by atoms with E-state index in [0.29, 0.717) is 28.1 Å². The summed E-state index contributed by atoms with van der Waals surface area (Å²) in [6.07, 6.45) is 0. The van der Waals surface area contributed by atoms with Crippen LogP contribution >= 0.6 is 0 Å². The summed E-state index contributed by atoms with van der Waals surface area (Å²) in [5.74, 6) is 0. The molecular formula is C32H29N3NaO4S+. The molecule has 41 heavy (non-hydrogen) atoms. The van der Waals surface area contributed by atoms with E-state index in [-0.39, 0.29) is 40.1 Å². The number of nitrogens with one attached hydrogen (secondary N) is 2. The van der Waals surface area contributed by atoms with Gasteiger partial charge in [0.05, 0.1) is 5.69 Å². The minimum absolute atomic E-state index is 0. The zero-order valence-corrected chi connectivity index (χ0v) is 25.6. The minimum atomic E-state index is -4.41. The number of anilines is 5. The molecule has 0 radical (unpaired) electrons. The van der Waals surface area contributed by atoms with Crippen molar-refractivity contribution in [3.05, 3.63) is 144 Å². The van der Waals surface area contributed by atoms with Gasteiger partial charge in [0.2, 0.25) is 0 Å². The topological polar surface area (TPSA) is 125 Å². The molecule has 7 nitrogen and oxygen atoms in total. The van der Waals surface area contributed by atoms with E-state index in [1.807, 2.05) is 73.7 Å². The Morgan fingerprint density at radius 1 is 0.659 bits per heavy atom. The molecule has 5 rings (SSSR count). The first kappa shape index (κ1) is 30.3. The van der Waals surface area contributed by atoms with Crippen molar-refractivity contribution in [2.24, 2.45) is 0 Å². The van der Waals surface area contributed by atoms with Crippen molar-refractivity contribution in [2.75, 3.05) is 16.4 Å². The van der Waals surface area contributed by atoms with Gasteiger partial charge in [0.15, 0.2) is 0 Å². The molecule has 6 N–H and O–H groups in total. The summed E-state index contributed by atoms with van der Waals surface area (Å²) in [5.41, 5.74) is 10.6. The van der Waals surface area contributed by atoms with Gasteiger partial charge in [0.1, 0.15) is 10.5 Å². The van der Waals surface area contributed by atoms with Crippen molar-refractivity contribution in [1.29, 1.82) is 0 Å². The van der Waals surface area contributed by atoms with E-state index in [2.05, 4.69) is 10.6 Å². The molecule has 0 saturated heterocycles. The maximum Gasteiger partial charge on any atom is 1.00 e. The molecule has 202 valence electrons. The quantitative estimate of drug-likeness (QED) is 0.0830. The fraction of sp³-hybridized carbons (Fsp3) is 0.0625. The van der Waals surface area contributed by atoms with Crippen molar-refractivity contribution < 1.29 is 47.6 Å². The van der Waals surface area contributed by atoms with Gasteiger partial charge in [-0.3, -0.25) is 4.55 Å². The van der Waals surface area contributed by atoms with Gasteiger partial charge in [-0.2, -0.15) is 8.42 Å². The number of nitrogens with two attached hydrogens (primary N) is 1. The van der Waals surface area contributed by atoms with E-state index in [4.69, 9.17) is 5.73 Å². The summed E-state index contributed by atoms with van der Waals surface area (Å²) in [4.78, 5) is -0.225. The molecule has 0 fully saturated rings. The number of hydrogen-bond acceptors (Lipinski definition) is 6. The Hall–Kier alpha value is -3.63. The van der Waals surface area contributed by atoms with E-state index < -0.39 is 15.7 Å². The van der Waals surface area contributed by atoms with E-state index in [1.54, 1.807) is 42.5 Å². The average Bonchev–Trinajstić information content (AvgIpc) is 2.95. The molecule has 0 aliphatic carbocycles.